The number of carbonyl (C=O) groups is 1. The topological polar surface area (TPSA) is 66.9 Å². The van der Waals surface area contributed by atoms with Crippen LogP contribution >= 0.6 is 23.2 Å². The number of hydrogen-bond acceptors (Lipinski definition) is 4. The number of carbonyl (C=O) groups excluding carboxylic acids is 1. The summed E-state index contributed by atoms with van der Waals surface area (Å²) in [6.07, 6.45) is 3.23. The second-order valence-electron chi connectivity index (χ2n) is 5.16. The Labute approximate surface area is 155 Å². The average molecular weight is 373 g/mol. The van der Waals surface area contributed by atoms with Crippen LogP contribution in [0.15, 0.2) is 60.9 Å². The highest BCUT2D eigenvalue weighted by molar-refractivity contribution is 6.39. The van der Waals surface area contributed by atoms with E-state index < -0.39 is 0 Å². The van der Waals surface area contributed by atoms with Crippen molar-refractivity contribution in [2.24, 2.45) is 0 Å². The van der Waals surface area contributed by atoms with Crippen molar-refractivity contribution < 1.29 is 4.79 Å². The van der Waals surface area contributed by atoms with Crippen molar-refractivity contribution in [3.05, 3.63) is 82.4 Å². The van der Waals surface area contributed by atoms with Gasteiger partial charge in [-0.05, 0) is 36.4 Å². The largest absolute Gasteiger partial charge is 0.352 e. The van der Waals surface area contributed by atoms with Gasteiger partial charge in [-0.1, -0.05) is 35.3 Å². The van der Waals surface area contributed by atoms with Gasteiger partial charge in [0.25, 0.3) is 5.91 Å². The number of para-hydroxylation sites is 1. The molecule has 0 unspecified atom stereocenters. The zero-order valence-electron chi connectivity index (χ0n) is 13.0. The molecule has 1 aromatic carbocycles. The van der Waals surface area contributed by atoms with Gasteiger partial charge in [0.1, 0.15) is 5.69 Å². The van der Waals surface area contributed by atoms with Crippen LogP contribution in [0.3, 0.4) is 0 Å². The summed E-state index contributed by atoms with van der Waals surface area (Å²) in [6, 6.07) is 14.1. The van der Waals surface area contributed by atoms with Crippen LogP contribution in [-0.2, 0) is 6.54 Å². The summed E-state index contributed by atoms with van der Waals surface area (Å²) in [4.78, 5) is 20.4. The molecule has 25 heavy (non-hydrogen) atoms. The first-order valence-corrected chi connectivity index (χ1v) is 8.24. The molecule has 0 aliphatic rings. The summed E-state index contributed by atoms with van der Waals surface area (Å²) in [5.41, 5.74) is 2.37. The van der Waals surface area contributed by atoms with E-state index in [0.717, 1.165) is 5.69 Å². The number of halogens is 2. The lowest BCUT2D eigenvalue weighted by molar-refractivity contribution is 0.0945. The van der Waals surface area contributed by atoms with Gasteiger partial charge in [-0.2, -0.15) is 0 Å². The Morgan fingerprint density at radius 2 is 1.76 bits per heavy atom. The second-order valence-corrected chi connectivity index (χ2v) is 5.97. The third kappa shape index (κ3) is 4.47. The molecule has 0 fully saturated rings. The van der Waals surface area contributed by atoms with Gasteiger partial charge < -0.3 is 10.6 Å². The minimum absolute atomic E-state index is 0.270. The fourth-order valence-corrected chi connectivity index (χ4v) is 2.62. The number of aromatic nitrogens is 2. The summed E-state index contributed by atoms with van der Waals surface area (Å²) in [5, 5.41) is 6.88. The first-order valence-electron chi connectivity index (χ1n) is 7.48. The van der Waals surface area contributed by atoms with E-state index in [1.54, 1.807) is 42.7 Å². The van der Waals surface area contributed by atoms with Crippen LogP contribution < -0.4 is 10.6 Å². The Morgan fingerprint density at radius 1 is 0.960 bits per heavy atom. The summed E-state index contributed by atoms with van der Waals surface area (Å²) in [6.45, 7) is 0.344. The average Bonchev–Trinajstić information content (AvgIpc) is 2.64. The van der Waals surface area contributed by atoms with Crippen molar-refractivity contribution in [3.8, 4) is 0 Å². The standard InChI is InChI=1S/C18H14Cl2N4O/c19-14-5-3-6-15(20)17(14)24-13-7-8-16(22-11-13)18(25)23-10-12-4-1-2-9-21-12/h1-9,11,24H,10H2,(H,23,25). The maximum atomic E-state index is 12.1. The molecule has 0 radical (unpaired) electrons. The highest BCUT2D eigenvalue weighted by atomic mass is 35.5. The SMILES string of the molecule is O=C(NCc1ccccn1)c1ccc(Nc2c(Cl)cccc2Cl)cn1. The Kier molecular flexibility index (Phi) is 5.48. The van der Waals surface area contributed by atoms with Gasteiger partial charge in [0.15, 0.2) is 0 Å². The van der Waals surface area contributed by atoms with Gasteiger partial charge in [0.05, 0.1) is 39.9 Å². The molecule has 0 aliphatic carbocycles. The molecule has 5 nitrogen and oxygen atoms in total. The van der Waals surface area contributed by atoms with E-state index in [4.69, 9.17) is 23.2 Å². The second kappa shape index (κ2) is 7.96. The van der Waals surface area contributed by atoms with Crippen molar-refractivity contribution in [2.75, 3.05) is 5.32 Å². The van der Waals surface area contributed by atoms with Crippen molar-refractivity contribution in [3.63, 3.8) is 0 Å². The molecule has 0 atom stereocenters. The van der Waals surface area contributed by atoms with Crippen molar-refractivity contribution >= 4 is 40.5 Å². The zero-order chi connectivity index (χ0) is 17.6. The molecule has 2 heterocycles. The van der Waals surface area contributed by atoms with E-state index in [-0.39, 0.29) is 5.91 Å². The predicted molar refractivity (Wildman–Crippen MR) is 99.4 cm³/mol. The molecular formula is C18H14Cl2N4O. The first kappa shape index (κ1) is 17.2. The number of amides is 1. The Hall–Kier alpha value is -2.63. The number of nitrogens with one attached hydrogen (secondary N) is 2. The molecule has 0 bridgehead atoms. The third-order valence-corrected chi connectivity index (χ3v) is 4.01. The Balaban J connectivity index is 1.64. The normalized spacial score (nSPS) is 10.3. The molecular weight excluding hydrogens is 359 g/mol. The van der Waals surface area contributed by atoms with Crippen LogP contribution in [0.2, 0.25) is 10.0 Å². The molecule has 3 rings (SSSR count). The number of benzene rings is 1. The van der Waals surface area contributed by atoms with Crippen LogP contribution in [-0.4, -0.2) is 15.9 Å². The molecule has 7 heteroatoms. The summed E-state index contributed by atoms with van der Waals surface area (Å²) in [5.74, 6) is -0.270. The van der Waals surface area contributed by atoms with Crippen LogP contribution in [0, 0.1) is 0 Å². The summed E-state index contributed by atoms with van der Waals surface area (Å²) >= 11 is 12.2. The van der Waals surface area contributed by atoms with Gasteiger partial charge in [-0.15, -0.1) is 0 Å². The molecule has 2 N–H and O–H groups in total. The molecule has 0 aliphatic heterocycles. The monoisotopic (exact) mass is 372 g/mol. The maximum Gasteiger partial charge on any atom is 0.270 e. The molecule has 0 saturated heterocycles. The van der Waals surface area contributed by atoms with Crippen LogP contribution in [0.1, 0.15) is 16.2 Å². The highest BCUT2D eigenvalue weighted by Gasteiger charge is 2.09. The Morgan fingerprint density at radius 3 is 2.40 bits per heavy atom. The van der Waals surface area contributed by atoms with Gasteiger partial charge in [-0.3, -0.25) is 9.78 Å². The van der Waals surface area contributed by atoms with E-state index in [2.05, 4.69) is 20.6 Å². The van der Waals surface area contributed by atoms with Crippen LogP contribution in [0.4, 0.5) is 11.4 Å². The Bertz CT molecular complexity index is 850. The van der Waals surface area contributed by atoms with E-state index >= 15 is 0 Å². The van der Waals surface area contributed by atoms with E-state index in [1.165, 1.54) is 0 Å². The molecule has 1 amide bonds. The quantitative estimate of drug-likeness (QED) is 0.693. The van der Waals surface area contributed by atoms with Crippen molar-refractivity contribution in [2.45, 2.75) is 6.54 Å². The van der Waals surface area contributed by atoms with E-state index in [1.807, 2.05) is 18.2 Å². The number of hydrogen-bond donors (Lipinski definition) is 2. The first-order chi connectivity index (χ1) is 12.1. The van der Waals surface area contributed by atoms with Gasteiger partial charge in [-0.25, -0.2) is 4.98 Å². The molecule has 3 aromatic rings. The van der Waals surface area contributed by atoms with Gasteiger partial charge in [0.2, 0.25) is 0 Å². The lowest BCUT2D eigenvalue weighted by Crippen LogP contribution is -2.24. The fourth-order valence-electron chi connectivity index (χ4n) is 2.13. The van der Waals surface area contributed by atoms with Gasteiger partial charge in [0, 0.05) is 6.20 Å². The minimum atomic E-state index is -0.270. The highest BCUT2D eigenvalue weighted by Crippen LogP contribution is 2.32. The minimum Gasteiger partial charge on any atom is -0.352 e. The van der Waals surface area contributed by atoms with Crippen LogP contribution in [0.5, 0.6) is 0 Å². The van der Waals surface area contributed by atoms with E-state index in [0.29, 0.717) is 33.7 Å². The lowest BCUT2D eigenvalue weighted by Gasteiger charge is -2.10. The summed E-state index contributed by atoms with van der Waals surface area (Å²) < 4.78 is 0. The number of nitrogens with zero attached hydrogens (tertiary/aromatic N) is 2. The molecule has 126 valence electrons. The lowest BCUT2D eigenvalue weighted by atomic mass is 10.2. The summed E-state index contributed by atoms with van der Waals surface area (Å²) in [7, 11) is 0. The third-order valence-electron chi connectivity index (χ3n) is 3.38. The number of rotatable bonds is 5. The smallest absolute Gasteiger partial charge is 0.270 e. The van der Waals surface area contributed by atoms with Crippen LogP contribution in [0.25, 0.3) is 0 Å². The zero-order valence-corrected chi connectivity index (χ0v) is 14.6. The molecule has 0 saturated carbocycles. The number of pyridine rings is 2. The molecule has 0 spiro atoms. The van der Waals surface area contributed by atoms with Crippen molar-refractivity contribution in [1.29, 1.82) is 0 Å². The maximum absolute atomic E-state index is 12.1. The predicted octanol–water partition coefficient (Wildman–Crippen LogP) is 4.46. The molecule has 2 aromatic heterocycles. The van der Waals surface area contributed by atoms with Gasteiger partial charge >= 0.3 is 0 Å². The number of anilines is 2. The fraction of sp³-hybridized carbons (Fsp3) is 0.0556. The van der Waals surface area contributed by atoms with Crippen molar-refractivity contribution in [1.82, 2.24) is 15.3 Å². The van der Waals surface area contributed by atoms with E-state index in [9.17, 15) is 4.79 Å².